The number of cyclic esters (lactones) is 1. The number of amides is 4. The molecule has 0 saturated heterocycles. The quantitative estimate of drug-likeness (QED) is 0.164. The summed E-state index contributed by atoms with van der Waals surface area (Å²) in [6.07, 6.45) is 11.9. The highest BCUT2D eigenvalue weighted by Gasteiger charge is 2.39. The number of ether oxygens (including phenoxy) is 1. The second-order valence-corrected chi connectivity index (χ2v) is 12.3. The third-order valence-electron chi connectivity index (χ3n) is 7.81. The fourth-order valence-electron chi connectivity index (χ4n) is 5.04. The number of hydrogen-bond acceptors (Lipinski definition) is 7. The standard InChI is InChI=1S/C32H54N4O7/c1-21(2)16-14-12-10-8-7-9-11-13-15-17-22(3)29-24(5)31(41)34-23(4)18-19-26(38)36(6)20-25(37)35-27(32(42)43-29)28(39)30(33)40/h18-19,21-22,24,27-29,39H,4,7-17,20H2,1-3,5-6H3,(H2,33,40)(H,34,41)(H,35,37)/t22-,24+,27+,28+,29?/m1/s1. The van der Waals surface area contributed by atoms with Crippen LogP contribution in [0, 0.1) is 17.8 Å². The molecule has 43 heavy (non-hydrogen) atoms. The van der Waals surface area contributed by atoms with Gasteiger partial charge in [0.25, 0.3) is 0 Å². The molecule has 11 nitrogen and oxygen atoms in total. The van der Waals surface area contributed by atoms with Gasteiger partial charge < -0.3 is 31.1 Å². The van der Waals surface area contributed by atoms with E-state index in [1.165, 1.54) is 51.6 Å². The van der Waals surface area contributed by atoms with Crippen LogP contribution in [0.2, 0.25) is 0 Å². The second kappa shape index (κ2) is 19.9. The largest absolute Gasteiger partial charge is 0.460 e. The van der Waals surface area contributed by atoms with Gasteiger partial charge in [-0.05, 0) is 24.3 Å². The molecule has 0 radical (unpaired) electrons. The minimum absolute atomic E-state index is 0.151. The van der Waals surface area contributed by atoms with Crippen LogP contribution in [-0.4, -0.2) is 71.4 Å². The molecule has 244 valence electrons. The van der Waals surface area contributed by atoms with Gasteiger partial charge in [0.15, 0.2) is 12.1 Å². The minimum atomic E-state index is -2.08. The number of aliphatic hydroxyl groups is 1. The van der Waals surface area contributed by atoms with E-state index in [0.717, 1.165) is 42.6 Å². The molecule has 1 aliphatic rings. The first-order valence-corrected chi connectivity index (χ1v) is 15.6. The number of likely N-dealkylation sites (N-methyl/N-ethyl adjacent to an activating group) is 1. The highest BCUT2D eigenvalue weighted by atomic mass is 16.5. The first-order chi connectivity index (χ1) is 20.2. The fourth-order valence-corrected chi connectivity index (χ4v) is 5.04. The Hall–Kier alpha value is -3.21. The molecule has 0 spiro atoms. The van der Waals surface area contributed by atoms with Gasteiger partial charge in [0.1, 0.15) is 6.10 Å². The molecule has 4 amide bonds. The van der Waals surface area contributed by atoms with Crippen LogP contribution < -0.4 is 16.4 Å². The summed E-state index contributed by atoms with van der Waals surface area (Å²) in [7, 11) is 1.35. The van der Waals surface area contributed by atoms with Crippen LogP contribution in [0.1, 0.15) is 98.3 Å². The van der Waals surface area contributed by atoms with E-state index in [0.29, 0.717) is 6.42 Å². The molecule has 1 aliphatic heterocycles. The summed E-state index contributed by atoms with van der Waals surface area (Å²) in [5.41, 5.74) is 5.38. The number of nitrogens with two attached hydrogens (primary N) is 1. The second-order valence-electron chi connectivity index (χ2n) is 12.3. The van der Waals surface area contributed by atoms with Crippen LogP contribution in [0.4, 0.5) is 0 Å². The molecule has 5 N–H and O–H groups in total. The van der Waals surface area contributed by atoms with Crippen molar-refractivity contribution in [3.63, 3.8) is 0 Å². The lowest BCUT2D eigenvalue weighted by molar-refractivity contribution is -0.165. The van der Waals surface area contributed by atoms with Crippen LogP contribution >= 0.6 is 0 Å². The molecule has 5 atom stereocenters. The van der Waals surface area contributed by atoms with E-state index in [-0.39, 0.29) is 11.6 Å². The lowest BCUT2D eigenvalue weighted by atomic mass is 9.88. The SMILES string of the molecule is C=C1C=CC(=O)N(C)CC(=O)N[C@@H]([C@H](O)C(N)=O)C(=O)OC([C@H](C)CCCCCCCCCCCC(C)C)[C@H](C)C(=O)N1. The van der Waals surface area contributed by atoms with Crippen LogP contribution in [-0.2, 0) is 28.7 Å². The number of esters is 1. The number of primary amides is 1. The average molecular weight is 607 g/mol. The summed E-state index contributed by atoms with van der Waals surface area (Å²) in [5, 5.41) is 15.2. The van der Waals surface area contributed by atoms with Crippen LogP contribution in [0.5, 0.6) is 0 Å². The molecular formula is C32H54N4O7. The van der Waals surface area contributed by atoms with E-state index >= 15 is 0 Å². The number of allylic oxidation sites excluding steroid dienone is 1. The smallest absolute Gasteiger partial charge is 0.332 e. The minimum Gasteiger partial charge on any atom is -0.460 e. The Balaban J connectivity index is 2.91. The molecule has 0 aliphatic carbocycles. The highest BCUT2D eigenvalue weighted by Crippen LogP contribution is 2.25. The number of carbonyl (C=O) groups is 5. The number of nitrogens with zero attached hydrogens (tertiary/aromatic N) is 1. The summed E-state index contributed by atoms with van der Waals surface area (Å²) < 4.78 is 5.73. The van der Waals surface area contributed by atoms with Crippen molar-refractivity contribution in [1.29, 1.82) is 0 Å². The predicted molar refractivity (Wildman–Crippen MR) is 165 cm³/mol. The van der Waals surface area contributed by atoms with Gasteiger partial charge in [-0.2, -0.15) is 0 Å². The van der Waals surface area contributed by atoms with E-state index in [4.69, 9.17) is 10.5 Å². The third-order valence-corrected chi connectivity index (χ3v) is 7.81. The van der Waals surface area contributed by atoms with Crippen molar-refractivity contribution < 1.29 is 33.8 Å². The monoisotopic (exact) mass is 606 g/mol. The normalized spacial score (nSPS) is 22.3. The Kier molecular flexibility index (Phi) is 17.5. The summed E-state index contributed by atoms with van der Waals surface area (Å²) >= 11 is 0. The van der Waals surface area contributed by atoms with Crippen molar-refractivity contribution in [2.75, 3.05) is 13.6 Å². The Morgan fingerprint density at radius 2 is 1.53 bits per heavy atom. The lowest BCUT2D eigenvalue weighted by Crippen LogP contribution is -2.57. The molecular weight excluding hydrogens is 552 g/mol. The van der Waals surface area contributed by atoms with Crippen molar-refractivity contribution in [3.8, 4) is 0 Å². The van der Waals surface area contributed by atoms with E-state index in [2.05, 4.69) is 31.1 Å². The molecule has 1 heterocycles. The summed E-state index contributed by atoms with van der Waals surface area (Å²) in [4.78, 5) is 64.1. The van der Waals surface area contributed by atoms with Gasteiger partial charge in [-0.15, -0.1) is 0 Å². The molecule has 0 aromatic carbocycles. The van der Waals surface area contributed by atoms with Gasteiger partial charge in [-0.25, -0.2) is 4.79 Å². The Bertz CT molecular complexity index is 981. The Labute approximate surface area is 257 Å². The lowest BCUT2D eigenvalue weighted by Gasteiger charge is -2.31. The molecule has 0 bridgehead atoms. The van der Waals surface area contributed by atoms with E-state index in [1.54, 1.807) is 6.92 Å². The Morgan fingerprint density at radius 1 is 1.00 bits per heavy atom. The number of rotatable bonds is 15. The number of aliphatic hydroxyl groups excluding tert-OH is 1. The van der Waals surface area contributed by atoms with Gasteiger partial charge in [0.05, 0.1) is 12.5 Å². The molecule has 1 unspecified atom stereocenters. The van der Waals surface area contributed by atoms with Crippen LogP contribution in [0.3, 0.4) is 0 Å². The summed E-state index contributed by atoms with van der Waals surface area (Å²) in [6, 6.07) is -1.82. The van der Waals surface area contributed by atoms with Gasteiger partial charge >= 0.3 is 5.97 Å². The number of carbonyl (C=O) groups excluding carboxylic acids is 5. The maximum atomic E-state index is 13.2. The van der Waals surface area contributed by atoms with E-state index < -0.39 is 60.3 Å². The average Bonchev–Trinajstić information content (AvgIpc) is 2.94. The van der Waals surface area contributed by atoms with Gasteiger partial charge in [0.2, 0.25) is 23.6 Å². The zero-order chi connectivity index (χ0) is 32.5. The first kappa shape index (κ1) is 37.8. The Morgan fingerprint density at radius 3 is 2.07 bits per heavy atom. The molecule has 0 aromatic heterocycles. The molecule has 11 heteroatoms. The van der Waals surface area contributed by atoms with E-state index in [9.17, 15) is 29.1 Å². The number of nitrogens with one attached hydrogen (secondary N) is 2. The van der Waals surface area contributed by atoms with E-state index in [1.807, 2.05) is 6.92 Å². The number of unbranched alkanes of at least 4 members (excludes halogenated alkanes) is 8. The van der Waals surface area contributed by atoms with Crippen LogP contribution in [0.15, 0.2) is 24.4 Å². The topological polar surface area (TPSA) is 168 Å². The van der Waals surface area contributed by atoms with Crippen LogP contribution in [0.25, 0.3) is 0 Å². The van der Waals surface area contributed by atoms with Crippen molar-refractivity contribution in [3.05, 3.63) is 24.4 Å². The maximum Gasteiger partial charge on any atom is 0.332 e. The highest BCUT2D eigenvalue weighted by molar-refractivity contribution is 5.95. The fraction of sp³-hybridized carbons (Fsp3) is 0.719. The van der Waals surface area contributed by atoms with Gasteiger partial charge in [-0.1, -0.05) is 98.5 Å². The van der Waals surface area contributed by atoms with Gasteiger partial charge in [-0.3, -0.25) is 19.2 Å². The molecule has 1 rings (SSSR count). The zero-order valence-corrected chi connectivity index (χ0v) is 26.7. The molecule has 0 fully saturated rings. The molecule has 0 saturated carbocycles. The van der Waals surface area contributed by atoms with Crippen molar-refractivity contribution in [2.45, 2.75) is 117 Å². The maximum absolute atomic E-state index is 13.2. The molecule has 0 aromatic rings. The summed E-state index contributed by atoms with van der Waals surface area (Å²) in [5.74, 6) is -4.58. The predicted octanol–water partition coefficient (Wildman–Crippen LogP) is 3.11. The number of hydrogen-bond donors (Lipinski definition) is 4. The van der Waals surface area contributed by atoms with Gasteiger partial charge in [0, 0.05) is 18.8 Å². The van der Waals surface area contributed by atoms with Crippen molar-refractivity contribution in [1.82, 2.24) is 15.5 Å². The summed E-state index contributed by atoms with van der Waals surface area (Å²) in [6.45, 7) is 11.3. The van der Waals surface area contributed by atoms with Crippen molar-refractivity contribution >= 4 is 29.6 Å². The first-order valence-electron chi connectivity index (χ1n) is 15.6. The third kappa shape index (κ3) is 14.7. The van der Waals surface area contributed by atoms with Crippen molar-refractivity contribution in [2.24, 2.45) is 23.5 Å². The zero-order valence-electron chi connectivity index (χ0n) is 26.7.